The Morgan fingerprint density at radius 1 is 1.56 bits per heavy atom. The molecule has 0 aliphatic rings. The zero-order valence-electron chi connectivity index (χ0n) is 8.36. The lowest BCUT2D eigenvalue weighted by atomic mass is 10.2. The highest BCUT2D eigenvalue weighted by molar-refractivity contribution is 5.41. The summed E-state index contributed by atoms with van der Waals surface area (Å²) in [4.78, 5) is 12.0. The van der Waals surface area contributed by atoms with Gasteiger partial charge in [-0.3, -0.25) is 0 Å². The second-order valence-electron chi connectivity index (χ2n) is 2.88. The van der Waals surface area contributed by atoms with Crippen molar-refractivity contribution in [2.24, 2.45) is 0 Å². The fraction of sp³-hybridized carbons (Fsp3) is 0.250. The maximum atomic E-state index is 13.4. The van der Waals surface area contributed by atoms with Crippen molar-refractivity contribution in [1.82, 2.24) is 4.98 Å². The van der Waals surface area contributed by atoms with Crippen molar-refractivity contribution in [2.75, 3.05) is 0 Å². The van der Waals surface area contributed by atoms with Crippen LogP contribution in [-0.4, -0.2) is 16.3 Å². The van der Waals surface area contributed by atoms with Crippen LogP contribution in [0, 0.1) is 27.3 Å². The third kappa shape index (κ3) is 3.03. The minimum Gasteiger partial charge on any atom is -0.401 e. The van der Waals surface area contributed by atoms with Gasteiger partial charge in [-0.05, 0) is 9.91 Å². The Kier molecular flexibility index (Phi) is 3.65. The molecule has 0 saturated carbocycles. The first-order valence-corrected chi connectivity index (χ1v) is 4.20. The predicted octanol–water partition coefficient (Wildman–Crippen LogP) is 2.09. The Bertz CT molecular complexity index is 524. The summed E-state index contributed by atoms with van der Waals surface area (Å²) < 4.78 is 52.8. The van der Waals surface area contributed by atoms with Crippen LogP contribution in [0.2, 0.25) is 0 Å². The first-order chi connectivity index (χ1) is 8.26. The standard InChI is InChI=1S/C8H3F4N3O3/c9-6-4(1-2-13)5(18-8(10,11)12)3-14-7(6)15(16)17/h3H,1H2. The topological polar surface area (TPSA) is 89.0 Å². The molecule has 0 bridgehead atoms. The highest BCUT2D eigenvalue weighted by Crippen LogP contribution is 2.30. The maximum Gasteiger partial charge on any atom is 0.573 e. The fourth-order valence-electron chi connectivity index (χ4n) is 1.08. The number of rotatable bonds is 3. The molecule has 1 heterocycles. The van der Waals surface area contributed by atoms with Gasteiger partial charge in [0.1, 0.15) is 0 Å². The number of hydrogen-bond acceptors (Lipinski definition) is 5. The zero-order chi connectivity index (χ0) is 13.9. The van der Waals surface area contributed by atoms with Crippen molar-refractivity contribution in [2.45, 2.75) is 12.8 Å². The van der Waals surface area contributed by atoms with Gasteiger partial charge in [-0.1, -0.05) is 0 Å². The van der Waals surface area contributed by atoms with Gasteiger partial charge in [0.15, 0.2) is 11.9 Å². The lowest BCUT2D eigenvalue weighted by molar-refractivity contribution is -0.392. The molecule has 1 rings (SSSR count). The number of hydrogen-bond donors (Lipinski definition) is 0. The van der Waals surface area contributed by atoms with Gasteiger partial charge in [-0.15, -0.1) is 13.2 Å². The van der Waals surface area contributed by atoms with Gasteiger partial charge in [0.05, 0.1) is 18.1 Å². The van der Waals surface area contributed by atoms with E-state index in [0.717, 1.165) is 0 Å². The number of aromatic nitrogens is 1. The monoisotopic (exact) mass is 265 g/mol. The van der Waals surface area contributed by atoms with E-state index in [9.17, 15) is 27.7 Å². The van der Waals surface area contributed by atoms with Crippen LogP contribution in [0.5, 0.6) is 5.75 Å². The second-order valence-corrected chi connectivity index (χ2v) is 2.88. The summed E-state index contributed by atoms with van der Waals surface area (Å²) >= 11 is 0. The van der Waals surface area contributed by atoms with E-state index in [-0.39, 0.29) is 0 Å². The Morgan fingerprint density at radius 2 is 2.17 bits per heavy atom. The van der Waals surface area contributed by atoms with Gasteiger partial charge in [0, 0.05) is 0 Å². The van der Waals surface area contributed by atoms with Crippen LogP contribution in [0.3, 0.4) is 0 Å². The molecule has 6 nitrogen and oxygen atoms in total. The SMILES string of the molecule is N#CCc1c(OC(F)(F)F)cnc([N+](=O)[O-])c1F. The summed E-state index contributed by atoms with van der Waals surface area (Å²) in [6, 6.07) is 1.38. The van der Waals surface area contributed by atoms with E-state index in [2.05, 4.69) is 9.72 Å². The van der Waals surface area contributed by atoms with Crippen molar-refractivity contribution in [3.05, 3.63) is 27.7 Å². The summed E-state index contributed by atoms with van der Waals surface area (Å²) in [6.07, 6.45) is -5.59. The highest BCUT2D eigenvalue weighted by atomic mass is 19.4. The van der Waals surface area contributed by atoms with Crippen LogP contribution in [0.1, 0.15) is 5.56 Å². The second kappa shape index (κ2) is 4.82. The zero-order valence-corrected chi connectivity index (χ0v) is 8.36. The summed E-state index contributed by atoms with van der Waals surface area (Å²) in [5, 5.41) is 18.7. The van der Waals surface area contributed by atoms with Gasteiger partial charge in [0.2, 0.25) is 5.82 Å². The molecule has 96 valence electrons. The van der Waals surface area contributed by atoms with E-state index < -0.39 is 40.7 Å². The van der Waals surface area contributed by atoms with Crippen LogP contribution in [0.4, 0.5) is 23.4 Å². The first kappa shape index (κ1) is 13.6. The number of nitrogens with zero attached hydrogens (tertiary/aromatic N) is 3. The summed E-state index contributed by atoms with van der Waals surface area (Å²) in [5.74, 6) is -3.97. The smallest absolute Gasteiger partial charge is 0.401 e. The molecule has 0 unspecified atom stereocenters. The third-order valence-electron chi connectivity index (χ3n) is 1.72. The lowest BCUT2D eigenvalue weighted by Crippen LogP contribution is -2.19. The molecule has 0 amide bonds. The highest BCUT2D eigenvalue weighted by Gasteiger charge is 2.35. The van der Waals surface area contributed by atoms with E-state index in [0.29, 0.717) is 6.20 Å². The van der Waals surface area contributed by atoms with Crippen LogP contribution in [0.25, 0.3) is 0 Å². The molecule has 1 aromatic heterocycles. The van der Waals surface area contributed by atoms with Gasteiger partial charge >= 0.3 is 12.2 Å². The predicted molar refractivity (Wildman–Crippen MR) is 46.8 cm³/mol. The van der Waals surface area contributed by atoms with Crippen molar-refractivity contribution in [3.63, 3.8) is 0 Å². The van der Waals surface area contributed by atoms with Crippen molar-refractivity contribution in [1.29, 1.82) is 5.26 Å². The molecule has 1 aromatic rings. The average molecular weight is 265 g/mol. The number of ether oxygens (including phenoxy) is 1. The Balaban J connectivity index is 3.33. The Morgan fingerprint density at radius 3 is 2.61 bits per heavy atom. The number of alkyl halides is 3. The quantitative estimate of drug-likeness (QED) is 0.474. The number of nitriles is 1. The van der Waals surface area contributed by atoms with Crippen LogP contribution in [-0.2, 0) is 6.42 Å². The number of halogens is 4. The van der Waals surface area contributed by atoms with E-state index in [1.165, 1.54) is 6.07 Å². The molecule has 0 N–H and O–H groups in total. The fourth-order valence-corrected chi connectivity index (χ4v) is 1.08. The van der Waals surface area contributed by atoms with Gasteiger partial charge in [-0.25, -0.2) is 0 Å². The van der Waals surface area contributed by atoms with E-state index in [4.69, 9.17) is 5.26 Å². The molecular weight excluding hydrogens is 262 g/mol. The minimum absolute atomic E-state index is 0.349. The van der Waals surface area contributed by atoms with Crippen LogP contribution >= 0.6 is 0 Å². The molecule has 10 heteroatoms. The molecule has 0 saturated heterocycles. The number of nitro groups is 1. The van der Waals surface area contributed by atoms with Gasteiger partial charge in [0.25, 0.3) is 0 Å². The number of pyridine rings is 1. The summed E-state index contributed by atoms with van der Waals surface area (Å²) in [7, 11) is 0. The van der Waals surface area contributed by atoms with Crippen LogP contribution < -0.4 is 4.74 Å². The van der Waals surface area contributed by atoms with Crippen molar-refractivity contribution in [3.8, 4) is 11.8 Å². The third-order valence-corrected chi connectivity index (χ3v) is 1.72. The average Bonchev–Trinajstić information content (AvgIpc) is 2.21. The van der Waals surface area contributed by atoms with Gasteiger partial charge < -0.3 is 14.9 Å². The molecule has 0 aliphatic carbocycles. The van der Waals surface area contributed by atoms with Crippen LogP contribution in [0.15, 0.2) is 6.20 Å². The first-order valence-electron chi connectivity index (χ1n) is 4.20. The molecule has 0 radical (unpaired) electrons. The molecular formula is C8H3F4N3O3. The summed E-state index contributed by atoms with van der Waals surface area (Å²) in [5.41, 5.74) is -0.864. The van der Waals surface area contributed by atoms with Crippen molar-refractivity contribution < 1.29 is 27.2 Å². The minimum atomic E-state index is -5.12. The largest absolute Gasteiger partial charge is 0.573 e. The van der Waals surface area contributed by atoms with E-state index in [1.54, 1.807) is 0 Å². The molecule has 0 atom stereocenters. The Hall–Kier alpha value is -2.44. The van der Waals surface area contributed by atoms with E-state index in [1.807, 2.05) is 0 Å². The van der Waals surface area contributed by atoms with E-state index >= 15 is 0 Å². The lowest BCUT2D eigenvalue weighted by Gasteiger charge is -2.10. The molecule has 0 fully saturated rings. The summed E-state index contributed by atoms with van der Waals surface area (Å²) in [6.45, 7) is 0. The molecule has 0 spiro atoms. The van der Waals surface area contributed by atoms with Crippen molar-refractivity contribution >= 4 is 5.82 Å². The molecule has 0 aliphatic heterocycles. The molecule has 0 aromatic carbocycles. The maximum absolute atomic E-state index is 13.4. The van der Waals surface area contributed by atoms with Gasteiger partial charge in [-0.2, -0.15) is 9.65 Å². The Labute approximate surface area is 96.6 Å². The normalized spacial score (nSPS) is 10.8. The molecule has 18 heavy (non-hydrogen) atoms.